The molecule has 1 aromatic heterocycles. The molecule has 5 aromatic rings. The number of carbonyl (C=O) groups is 1. The maximum Gasteiger partial charge on any atom is 0.330 e. The average molecular weight is 1040 g/mol. The molecule has 0 spiro atoms. The van der Waals surface area contributed by atoms with Crippen molar-refractivity contribution in [2.75, 3.05) is 26.9 Å². The number of hydrogen-bond acceptors (Lipinski definition) is 12. The van der Waals surface area contributed by atoms with Gasteiger partial charge in [-0.25, -0.2) is 9.46 Å². The summed E-state index contributed by atoms with van der Waals surface area (Å²) in [5.74, 6) is 3.84. The van der Waals surface area contributed by atoms with Gasteiger partial charge in [0.05, 0.1) is 39.1 Å². The average Bonchev–Trinajstić information content (AvgIpc) is 3.75. The van der Waals surface area contributed by atoms with Gasteiger partial charge < -0.3 is 33.3 Å². The van der Waals surface area contributed by atoms with E-state index in [4.69, 9.17) is 34.4 Å². The van der Waals surface area contributed by atoms with Crippen LogP contribution in [0.3, 0.4) is 0 Å². The van der Waals surface area contributed by atoms with E-state index >= 15 is 0 Å². The third-order valence-corrected chi connectivity index (χ3v) is 17.7. The second-order valence-corrected chi connectivity index (χ2v) is 23.5. The van der Waals surface area contributed by atoms with Crippen molar-refractivity contribution in [3.8, 4) is 23.8 Å². The van der Waals surface area contributed by atoms with Gasteiger partial charge in [-0.2, -0.15) is 0 Å². The molecule has 5 unspecified atom stereocenters. The van der Waals surface area contributed by atoms with Crippen LogP contribution in [0.15, 0.2) is 124 Å². The molecular formula is C56H75N4O9PS2. The highest BCUT2D eigenvalue weighted by Crippen LogP contribution is 2.51. The van der Waals surface area contributed by atoms with E-state index in [2.05, 4.69) is 74.6 Å². The van der Waals surface area contributed by atoms with Gasteiger partial charge in [0.1, 0.15) is 29.4 Å². The van der Waals surface area contributed by atoms with Crippen molar-refractivity contribution in [2.24, 2.45) is 0 Å². The number of rotatable bonds is 26. The van der Waals surface area contributed by atoms with E-state index in [1.165, 1.54) is 4.57 Å². The Bertz CT molecular complexity index is 2680. The van der Waals surface area contributed by atoms with Crippen LogP contribution in [0, 0.1) is 19.3 Å². The first-order valence-corrected chi connectivity index (χ1v) is 27.8. The van der Waals surface area contributed by atoms with E-state index in [9.17, 15) is 14.4 Å². The third kappa shape index (κ3) is 14.9. The van der Waals surface area contributed by atoms with Gasteiger partial charge in [0.2, 0.25) is 5.91 Å². The summed E-state index contributed by atoms with van der Waals surface area (Å²) in [6.45, 7) is 19.1. The first-order chi connectivity index (χ1) is 34.4. The SMILES string of the molecule is C#CCNC(=O)CCC(C)(C)SSc1ccccc1CCOP(OC1CC(n2cc(C)c(=O)[nH]c2=O)OC1COC(c1ccccc1)(c1ccc(OC)cc1)c1ccc(OC(C)C)cc1)N(C(C)C)C(C)C.[HH].[HH]. The third-order valence-electron chi connectivity index (χ3n) is 12.1. The second kappa shape index (κ2) is 26.4. The van der Waals surface area contributed by atoms with Crippen LogP contribution in [-0.4, -0.2) is 82.1 Å². The Hall–Kier alpha value is -4.88. The molecule has 0 radical (unpaired) electrons. The van der Waals surface area contributed by atoms with Gasteiger partial charge in [0, 0.05) is 49.2 Å². The number of ether oxygens (including phenoxy) is 4. The molecule has 4 aromatic carbocycles. The molecule has 1 amide bonds. The minimum absolute atomic E-state index is 0. The summed E-state index contributed by atoms with van der Waals surface area (Å²) in [6.07, 6.45) is 6.70. The quantitative estimate of drug-likeness (QED) is 0.0236. The Labute approximate surface area is 437 Å². The minimum atomic E-state index is -1.72. The van der Waals surface area contributed by atoms with Gasteiger partial charge in [0.25, 0.3) is 14.1 Å². The summed E-state index contributed by atoms with van der Waals surface area (Å²) in [6, 6.07) is 34.3. The number of methoxy groups -OCH3 is 1. The van der Waals surface area contributed by atoms with E-state index in [-0.39, 0.29) is 51.3 Å². The fraction of sp³-hybridized carbons (Fsp3) is 0.446. The van der Waals surface area contributed by atoms with Gasteiger partial charge in [-0.1, -0.05) is 100 Å². The highest BCUT2D eigenvalue weighted by molar-refractivity contribution is 8.77. The lowest BCUT2D eigenvalue weighted by molar-refractivity contribution is -0.121. The molecular weight excluding hydrogens is 968 g/mol. The minimum Gasteiger partial charge on any atom is -0.497 e. The zero-order valence-corrected chi connectivity index (χ0v) is 45.7. The molecule has 2 N–H and O–H groups in total. The lowest BCUT2D eigenvalue weighted by Gasteiger charge is -2.39. The molecule has 5 atom stereocenters. The number of terminal acetylenes is 1. The van der Waals surface area contributed by atoms with Crippen LogP contribution in [0.1, 0.15) is 112 Å². The summed E-state index contributed by atoms with van der Waals surface area (Å²) in [5, 5.41) is 2.76. The first kappa shape index (κ1) is 56.4. The number of H-pyrrole nitrogens is 1. The molecule has 0 saturated carbocycles. The van der Waals surface area contributed by atoms with E-state index in [1.807, 2.05) is 105 Å². The Morgan fingerprint density at radius 2 is 1.56 bits per heavy atom. The maximum absolute atomic E-state index is 13.5. The largest absolute Gasteiger partial charge is 0.497 e. The maximum atomic E-state index is 13.5. The summed E-state index contributed by atoms with van der Waals surface area (Å²) in [5.41, 5.74) is 1.90. The number of aromatic amines is 1. The molecule has 16 heteroatoms. The van der Waals surface area contributed by atoms with Crippen molar-refractivity contribution in [3.63, 3.8) is 0 Å². The zero-order valence-electron chi connectivity index (χ0n) is 43.2. The van der Waals surface area contributed by atoms with Crippen molar-refractivity contribution < 1.29 is 35.6 Å². The predicted molar refractivity (Wildman–Crippen MR) is 295 cm³/mol. The van der Waals surface area contributed by atoms with Crippen molar-refractivity contribution in [1.82, 2.24) is 19.5 Å². The monoisotopic (exact) mass is 1040 g/mol. The molecule has 6 rings (SSSR count). The van der Waals surface area contributed by atoms with E-state index in [0.29, 0.717) is 37.2 Å². The fourth-order valence-electron chi connectivity index (χ4n) is 8.55. The number of aromatic nitrogens is 2. The van der Waals surface area contributed by atoms with Gasteiger partial charge in [-0.15, -0.1) is 6.42 Å². The first-order valence-electron chi connectivity index (χ1n) is 24.5. The number of nitrogens with zero attached hydrogens (tertiary/aromatic N) is 2. The number of carbonyl (C=O) groups excluding carboxylic acids is 1. The van der Waals surface area contributed by atoms with Gasteiger partial charge in [-0.3, -0.25) is 19.1 Å². The normalized spacial score (nSPS) is 17.3. The molecule has 72 heavy (non-hydrogen) atoms. The van der Waals surface area contributed by atoms with Crippen molar-refractivity contribution in [1.29, 1.82) is 0 Å². The molecule has 390 valence electrons. The number of benzene rings is 4. The van der Waals surface area contributed by atoms with Gasteiger partial charge in [-0.05, 0) is 128 Å². The van der Waals surface area contributed by atoms with E-state index in [0.717, 1.165) is 32.9 Å². The zero-order chi connectivity index (χ0) is 52.0. The molecule has 2 heterocycles. The van der Waals surface area contributed by atoms with E-state index < -0.39 is 43.8 Å². The highest BCUT2D eigenvalue weighted by atomic mass is 33.1. The van der Waals surface area contributed by atoms with Crippen LogP contribution in [0.25, 0.3) is 0 Å². The summed E-state index contributed by atoms with van der Waals surface area (Å²) < 4.78 is 43.6. The number of aryl methyl sites for hydroxylation is 1. The van der Waals surface area contributed by atoms with Crippen molar-refractivity contribution >= 4 is 36.0 Å². The topological polar surface area (TPSA) is 143 Å². The van der Waals surface area contributed by atoms with Gasteiger partial charge in [0.15, 0.2) is 0 Å². The smallest absolute Gasteiger partial charge is 0.330 e. The molecule has 1 fully saturated rings. The number of hydrogen-bond donors (Lipinski definition) is 2. The Kier molecular flexibility index (Phi) is 20.7. The van der Waals surface area contributed by atoms with Crippen LogP contribution in [0.4, 0.5) is 0 Å². The van der Waals surface area contributed by atoms with Crippen LogP contribution in [-0.2, 0) is 35.3 Å². The van der Waals surface area contributed by atoms with Crippen LogP contribution in [0.5, 0.6) is 11.5 Å². The second-order valence-electron chi connectivity index (χ2n) is 19.2. The van der Waals surface area contributed by atoms with Crippen LogP contribution < -0.4 is 26.0 Å². The summed E-state index contributed by atoms with van der Waals surface area (Å²) in [7, 11) is 3.36. The summed E-state index contributed by atoms with van der Waals surface area (Å²) >= 11 is 0. The molecule has 1 saturated heterocycles. The number of amides is 1. The number of nitrogens with one attached hydrogen (secondary N) is 2. The molecule has 1 aliphatic rings. The summed E-state index contributed by atoms with van der Waals surface area (Å²) in [4.78, 5) is 42.0. The fourth-order valence-corrected chi connectivity index (χ4v) is 12.9. The standard InChI is InChI=1S/C56H71N4O9PS2.2H2/c1-12-33-57-51(61)30-32-55(9,10)72-71-50-21-17-16-18-42(50)31-34-66-70(60(38(2)3)39(4)5)69-48-35-52(59-36-41(8)53(62)58-54(59)63)68-49(48)37-65-56(43-19-14-13-15-20-43,44-22-26-46(64-11)27-23-44)45-24-28-47(29-25-45)67-40(6)7;;/h1,13-29,36,38-40,48-49,52H,30-35,37H2,2-11H3,(H,57,61)(H,58,62,63);2*1H. The lowest BCUT2D eigenvalue weighted by atomic mass is 9.80. The van der Waals surface area contributed by atoms with E-state index in [1.54, 1.807) is 41.8 Å². The lowest BCUT2D eigenvalue weighted by Crippen LogP contribution is -2.39. The van der Waals surface area contributed by atoms with Crippen LogP contribution in [0.2, 0.25) is 0 Å². The molecule has 0 aliphatic carbocycles. The van der Waals surface area contributed by atoms with Gasteiger partial charge >= 0.3 is 5.69 Å². The Morgan fingerprint density at radius 1 is 0.931 bits per heavy atom. The highest BCUT2D eigenvalue weighted by Gasteiger charge is 2.45. The Balaban J connectivity index is 0.00000593. The van der Waals surface area contributed by atoms with Crippen molar-refractivity contribution in [2.45, 2.75) is 140 Å². The Morgan fingerprint density at radius 3 is 2.18 bits per heavy atom. The molecule has 13 nitrogen and oxygen atoms in total. The van der Waals surface area contributed by atoms with Crippen LogP contribution >= 0.6 is 30.1 Å². The molecule has 1 aliphatic heterocycles. The molecule has 0 bridgehead atoms. The predicted octanol–water partition coefficient (Wildman–Crippen LogP) is 11.5. The van der Waals surface area contributed by atoms with Crippen molar-refractivity contribution in [3.05, 3.63) is 158 Å².